The highest BCUT2D eigenvalue weighted by atomic mass is 16.5. The van der Waals surface area contributed by atoms with Crippen LogP contribution in [0.5, 0.6) is 0 Å². The van der Waals surface area contributed by atoms with Crippen LogP contribution in [-0.2, 0) is 22.4 Å². The summed E-state index contributed by atoms with van der Waals surface area (Å²) in [6.45, 7) is 0.375. The van der Waals surface area contributed by atoms with Gasteiger partial charge in [0.05, 0.1) is 0 Å². The highest BCUT2D eigenvalue weighted by Crippen LogP contribution is 2.09. The van der Waals surface area contributed by atoms with Crippen molar-refractivity contribution < 1.29 is 14.8 Å². The number of hydroxylamine groups is 1. The molecule has 0 aliphatic rings. The first kappa shape index (κ1) is 16.6. The summed E-state index contributed by atoms with van der Waals surface area (Å²) in [7, 11) is 0. The van der Waals surface area contributed by atoms with E-state index >= 15 is 0 Å². The molecule has 1 heterocycles. The van der Waals surface area contributed by atoms with E-state index in [9.17, 15) is 9.59 Å². The summed E-state index contributed by atoms with van der Waals surface area (Å²) >= 11 is 0. The van der Waals surface area contributed by atoms with Gasteiger partial charge in [-0.1, -0.05) is 36.4 Å². The first-order valence-electron chi connectivity index (χ1n) is 7.36. The second-order valence-corrected chi connectivity index (χ2v) is 5.08. The van der Waals surface area contributed by atoms with Crippen molar-refractivity contribution in [3.63, 3.8) is 0 Å². The van der Waals surface area contributed by atoms with Crippen LogP contribution >= 0.6 is 0 Å². The van der Waals surface area contributed by atoms with Gasteiger partial charge in [-0.15, -0.1) is 0 Å². The summed E-state index contributed by atoms with van der Waals surface area (Å²) in [6.07, 6.45) is 2.49. The van der Waals surface area contributed by atoms with Crippen LogP contribution in [0.15, 0.2) is 54.7 Å². The van der Waals surface area contributed by atoms with Crippen molar-refractivity contribution in [1.29, 1.82) is 0 Å². The van der Waals surface area contributed by atoms with Crippen molar-refractivity contribution in [2.24, 2.45) is 5.92 Å². The van der Waals surface area contributed by atoms with Gasteiger partial charge in [0, 0.05) is 24.9 Å². The van der Waals surface area contributed by atoms with E-state index in [-0.39, 0.29) is 6.42 Å². The molecule has 2 aromatic rings. The summed E-state index contributed by atoms with van der Waals surface area (Å²) < 4.78 is 0. The Morgan fingerprint density at radius 3 is 2.43 bits per heavy atom. The third-order valence-electron chi connectivity index (χ3n) is 3.43. The minimum Gasteiger partial charge on any atom is -0.355 e. The summed E-state index contributed by atoms with van der Waals surface area (Å²) in [5, 5.41) is 11.6. The molecule has 0 fully saturated rings. The molecule has 1 unspecified atom stereocenters. The van der Waals surface area contributed by atoms with Crippen LogP contribution in [0.3, 0.4) is 0 Å². The number of nitrogens with zero attached hydrogens (tertiary/aromatic N) is 1. The molecule has 0 bridgehead atoms. The lowest BCUT2D eigenvalue weighted by atomic mass is 9.97. The third kappa shape index (κ3) is 5.19. The molecular formula is C17H19N3O3. The highest BCUT2D eigenvalue weighted by Gasteiger charge is 2.26. The van der Waals surface area contributed by atoms with Crippen molar-refractivity contribution in [3.05, 3.63) is 66.0 Å². The van der Waals surface area contributed by atoms with Gasteiger partial charge < -0.3 is 5.32 Å². The van der Waals surface area contributed by atoms with Crippen LogP contribution in [0.2, 0.25) is 0 Å². The zero-order valence-corrected chi connectivity index (χ0v) is 12.6. The molecular weight excluding hydrogens is 294 g/mol. The van der Waals surface area contributed by atoms with Gasteiger partial charge in [-0.25, -0.2) is 5.48 Å². The lowest BCUT2D eigenvalue weighted by Gasteiger charge is -2.15. The quantitative estimate of drug-likeness (QED) is 0.405. The summed E-state index contributed by atoms with van der Waals surface area (Å²) in [5.74, 6) is -2.12. The number of rotatable bonds is 7. The van der Waals surface area contributed by atoms with Gasteiger partial charge in [0.2, 0.25) is 5.91 Å². The maximum Gasteiger partial charge on any atom is 0.256 e. The number of carbonyl (C=O) groups is 2. The average molecular weight is 313 g/mol. The molecule has 0 radical (unpaired) electrons. The van der Waals surface area contributed by atoms with E-state index in [1.807, 2.05) is 48.5 Å². The predicted molar refractivity (Wildman–Crippen MR) is 84.5 cm³/mol. The normalized spacial score (nSPS) is 11.5. The molecule has 23 heavy (non-hydrogen) atoms. The monoisotopic (exact) mass is 313 g/mol. The molecule has 1 atom stereocenters. The number of aromatic nitrogens is 1. The Labute approximate surface area is 134 Å². The van der Waals surface area contributed by atoms with Crippen LogP contribution in [0.25, 0.3) is 0 Å². The van der Waals surface area contributed by atoms with Crippen molar-refractivity contribution in [2.75, 3.05) is 6.54 Å². The van der Waals surface area contributed by atoms with E-state index in [4.69, 9.17) is 5.21 Å². The molecule has 0 aliphatic carbocycles. The second-order valence-electron chi connectivity index (χ2n) is 5.08. The summed E-state index contributed by atoms with van der Waals surface area (Å²) in [6, 6.07) is 14.8. The van der Waals surface area contributed by atoms with E-state index in [2.05, 4.69) is 10.3 Å². The number of hydrogen-bond donors (Lipinski definition) is 3. The number of nitrogens with one attached hydrogen (secondary N) is 2. The lowest BCUT2D eigenvalue weighted by Crippen LogP contribution is -2.42. The maximum absolute atomic E-state index is 12.2. The van der Waals surface area contributed by atoms with Crippen LogP contribution < -0.4 is 10.8 Å². The van der Waals surface area contributed by atoms with Crippen LogP contribution in [0.4, 0.5) is 0 Å². The van der Waals surface area contributed by atoms with Crippen molar-refractivity contribution in [1.82, 2.24) is 15.8 Å². The third-order valence-corrected chi connectivity index (χ3v) is 3.43. The largest absolute Gasteiger partial charge is 0.355 e. The Kier molecular flexibility index (Phi) is 6.26. The molecule has 2 amide bonds. The van der Waals surface area contributed by atoms with E-state index in [1.54, 1.807) is 11.7 Å². The van der Waals surface area contributed by atoms with Gasteiger partial charge in [-0.2, -0.15) is 0 Å². The molecule has 120 valence electrons. The molecule has 3 N–H and O–H groups in total. The van der Waals surface area contributed by atoms with Crippen LogP contribution in [0, 0.1) is 5.92 Å². The van der Waals surface area contributed by atoms with Gasteiger partial charge >= 0.3 is 0 Å². The molecule has 0 spiro atoms. The van der Waals surface area contributed by atoms with Crippen molar-refractivity contribution in [3.8, 4) is 0 Å². The maximum atomic E-state index is 12.2. The van der Waals surface area contributed by atoms with Gasteiger partial charge in [0.25, 0.3) is 5.91 Å². The lowest BCUT2D eigenvalue weighted by molar-refractivity contribution is -0.140. The Morgan fingerprint density at radius 1 is 1.04 bits per heavy atom. The van der Waals surface area contributed by atoms with E-state index < -0.39 is 17.7 Å². The van der Waals surface area contributed by atoms with Crippen molar-refractivity contribution in [2.45, 2.75) is 12.8 Å². The second kappa shape index (κ2) is 8.65. The fraction of sp³-hybridized carbons (Fsp3) is 0.235. The number of pyridine rings is 1. The average Bonchev–Trinajstić information content (AvgIpc) is 2.60. The fourth-order valence-corrected chi connectivity index (χ4v) is 2.22. The minimum absolute atomic E-state index is 0.225. The SMILES string of the molecule is O=C(NO)C(Cc1ccccc1)C(=O)NCCc1ccccn1. The molecule has 0 saturated carbocycles. The van der Waals surface area contributed by atoms with Gasteiger partial charge in [0.1, 0.15) is 5.92 Å². The zero-order valence-electron chi connectivity index (χ0n) is 12.6. The van der Waals surface area contributed by atoms with Crippen molar-refractivity contribution >= 4 is 11.8 Å². The first-order valence-corrected chi connectivity index (χ1v) is 7.36. The topological polar surface area (TPSA) is 91.3 Å². The Hall–Kier alpha value is -2.73. The molecule has 2 rings (SSSR count). The highest BCUT2D eigenvalue weighted by molar-refractivity contribution is 6.00. The Balaban J connectivity index is 1.92. The molecule has 1 aromatic carbocycles. The number of benzene rings is 1. The summed E-state index contributed by atoms with van der Waals surface area (Å²) in [5.41, 5.74) is 3.27. The van der Waals surface area contributed by atoms with Crippen LogP contribution in [-0.4, -0.2) is 28.6 Å². The van der Waals surface area contributed by atoms with Gasteiger partial charge in [-0.3, -0.25) is 19.8 Å². The van der Waals surface area contributed by atoms with Gasteiger partial charge in [-0.05, 0) is 24.1 Å². The Morgan fingerprint density at radius 2 is 1.78 bits per heavy atom. The zero-order chi connectivity index (χ0) is 16.5. The smallest absolute Gasteiger partial charge is 0.256 e. The number of carbonyl (C=O) groups excluding carboxylic acids is 2. The first-order chi connectivity index (χ1) is 11.2. The molecule has 6 heteroatoms. The van der Waals surface area contributed by atoms with E-state index in [1.165, 1.54) is 0 Å². The molecule has 0 saturated heterocycles. The van der Waals surface area contributed by atoms with Crippen LogP contribution in [0.1, 0.15) is 11.3 Å². The van der Waals surface area contributed by atoms with E-state index in [0.29, 0.717) is 13.0 Å². The summed E-state index contributed by atoms with van der Waals surface area (Å²) in [4.78, 5) is 28.2. The Bertz CT molecular complexity index is 632. The molecule has 1 aromatic heterocycles. The standard InChI is InChI=1S/C17H19N3O3/c21-16(19-11-9-14-8-4-5-10-18-14)15(17(22)20-23)12-13-6-2-1-3-7-13/h1-8,10,15,23H,9,11-12H2,(H,19,21)(H,20,22). The number of amides is 2. The van der Waals surface area contributed by atoms with E-state index in [0.717, 1.165) is 11.3 Å². The predicted octanol–water partition coefficient (Wildman–Crippen LogP) is 1.10. The minimum atomic E-state index is -0.980. The number of hydrogen-bond acceptors (Lipinski definition) is 4. The fourth-order valence-electron chi connectivity index (χ4n) is 2.22. The van der Waals surface area contributed by atoms with Gasteiger partial charge in [0.15, 0.2) is 0 Å². The molecule has 0 aliphatic heterocycles. The molecule has 6 nitrogen and oxygen atoms in total.